The predicted octanol–water partition coefficient (Wildman–Crippen LogP) is 5.29. The van der Waals surface area contributed by atoms with E-state index in [1.807, 2.05) is 79.7 Å². The molecule has 0 atom stereocenters. The first kappa shape index (κ1) is 20.2. The first-order chi connectivity index (χ1) is 15.6. The molecule has 1 N–H and O–H groups in total. The fourth-order valence-electron chi connectivity index (χ4n) is 3.92. The average Bonchev–Trinajstić information content (AvgIpc) is 3.15. The van der Waals surface area contributed by atoms with Crippen molar-refractivity contribution >= 4 is 38.2 Å². The maximum atomic E-state index is 13.7. The van der Waals surface area contributed by atoms with Crippen LogP contribution < -0.4 is 5.56 Å². The molecular formula is C26H21N3O2S. The van der Waals surface area contributed by atoms with E-state index in [1.165, 1.54) is 11.3 Å². The van der Waals surface area contributed by atoms with Crippen LogP contribution in [0.15, 0.2) is 83.7 Å². The average molecular weight is 440 g/mol. The Kier molecular flexibility index (Phi) is 5.29. The van der Waals surface area contributed by atoms with Gasteiger partial charge >= 0.3 is 0 Å². The van der Waals surface area contributed by atoms with Crippen LogP contribution in [0.25, 0.3) is 21.0 Å². The molecule has 5 rings (SSSR count). The van der Waals surface area contributed by atoms with E-state index in [-0.39, 0.29) is 18.0 Å². The Bertz CT molecular complexity index is 1490. The molecule has 2 heterocycles. The highest BCUT2D eigenvalue weighted by Gasteiger charge is 2.23. The van der Waals surface area contributed by atoms with Gasteiger partial charge in [-0.1, -0.05) is 60.7 Å². The number of benzene rings is 3. The van der Waals surface area contributed by atoms with Crippen LogP contribution in [-0.4, -0.2) is 20.8 Å². The smallest absolute Gasteiger partial charge is 0.264 e. The molecule has 0 saturated heterocycles. The number of aryl methyl sites for hydroxylation is 1. The van der Waals surface area contributed by atoms with E-state index in [4.69, 9.17) is 0 Å². The molecule has 3 aromatic carbocycles. The molecule has 32 heavy (non-hydrogen) atoms. The fourth-order valence-corrected chi connectivity index (χ4v) is 5.09. The summed E-state index contributed by atoms with van der Waals surface area (Å²) in [6.45, 7) is 2.62. The number of hydrogen-bond acceptors (Lipinski definition) is 4. The quantitative estimate of drug-likeness (QED) is 0.405. The number of nitrogens with zero attached hydrogens (tertiary/aromatic N) is 2. The molecule has 0 radical (unpaired) electrons. The summed E-state index contributed by atoms with van der Waals surface area (Å²) >= 11 is 1.50. The molecule has 2 aromatic heterocycles. The molecule has 5 nitrogen and oxygen atoms in total. The molecule has 0 bridgehead atoms. The zero-order chi connectivity index (χ0) is 22.1. The third-order valence-electron chi connectivity index (χ3n) is 5.54. The number of amides is 1. The van der Waals surface area contributed by atoms with Crippen molar-refractivity contribution < 1.29 is 4.79 Å². The van der Waals surface area contributed by atoms with Crippen molar-refractivity contribution in [3.63, 3.8) is 0 Å². The second kappa shape index (κ2) is 8.40. The van der Waals surface area contributed by atoms with E-state index < -0.39 is 0 Å². The molecule has 0 saturated carbocycles. The second-order valence-corrected chi connectivity index (χ2v) is 8.78. The number of hydrogen-bond donors (Lipinski definition) is 1. The number of carbonyl (C=O) groups excluding carboxylic acids is 1. The number of H-pyrrole nitrogens is 1. The zero-order valence-electron chi connectivity index (χ0n) is 17.5. The zero-order valence-corrected chi connectivity index (χ0v) is 18.4. The van der Waals surface area contributed by atoms with Gasteiger partial charge in [-0.3, -0.25) is 9.59 Å². The fraction of sp³-hybridized carbons (Fsp3) is 0.115. The van der Waals surface area contributed by atoms with Crippen molar-refractivity contribution in [2.45, 2.75) is 20.0 Å². The normalized spacial score (nSPS) is 11.2. The summed E-state index contributed by atoms with van der Waals surface area (Å²) in [6, 6.07) is 25.1. The number of para-hydroxylation sites is 1. The number of thiophene rings is 1. The van der Waals surface area contributed by atoms with Crippen molar-refractivity contribution in [1.82, 2.24) is 14.9 Å². The van der Waals surface area contributed by atoms with Crippen molar-refractivity contribution in [2.24, 2.45) is 0 Å². The Morgan fingerprint density at radius 1 is 0.906 bits per heavy atom. The van der Waals surface area contributed by atoms with Crippen LogP contribution in [0.5, 0.6) is 0 Å². The highest BCUT2D eigenvalue weighted by atomic mass is 32.1. The molecule has 0 unspecified atom stereocenters. The first-order valence-corrected chi connectivity index (χ1v) is 11.2. The highest BCUT2D eigenvalue weighted by molar-refractivity contribution is 7.21. The van der Waals surface area contributed by atoms with Crippen LogP contribution >= 0.6 is 11.3 Å². The number of aromatic nitrogens is 2. The number of rotatable bonds is 5. The standard InChI is InChI=1S/C26H21N3O2S/c1-17-19-11-6-8-14-22(19)32-24(17)26(31)29(15-18-9-3-2-4-10-18)16-23-27-21-13-7-5-12-20(21)25(30)28-23/h2-14H,15-16H2,1H3,(H,27,28,30). The van der Waals surface area contributed by atoms with Gasteiger partial charge in [0.25, 0.3) is 11.5 Å². The molecule has 0 aliphatic rings. The third kappa shape index (κ3) is 3.81. The molecule has 0 fully saturated rings. The van der Waals surface area contributed by atoms with Crippen molar-refractivity contribution in [3.05, 3.63) is 111 Å². The first-order valence-electron chi connectivity index (χ1n) is 10.4. The van der Waals surface area contributed by atoms with Gasteiger partial charge in [0, 0.05) is 11.2 Å². The lowest BCUT2D eigenvalue weighted by Crippen LogP contribution is -2.31. The van der Waals surface area contributed by atoms with Gasteiger partial charge in [-0.2, -0.15) is 0 Å². The topological polar surface area (TPSA) is 66.1 Å². The number of aromatic amines is 1. The maximum Gasteiger partial charge on any atom is 0.264 e. The van der Waals surface area contributed by atoms with E-state index in [0.29, 0.717) is 28.1 Å². The van der Waals surface area contributed by atoms with Gasteiger partial charge in [0.2, 0.25) is 0 Å². The molecule has 0 aliphatic heterocycles. The Morgan fingerprint density at radius 3 is 2.38 bits per heavy atom. The van der Waals surface area contributed by atoms with Gasteiger partial charge in [0.05, 0.1) is 22.3 Å². The van der Waals surface area contributed by atoms with Crippen molar-refractivity contribution in [1.29, 1.82) is 0 Å². The van der Waals surface area contributed by atoms with Crippen molar-refractivity contribution in [2.75, 3.05) is 0 Å². The molecule has 6 heteroatoms. The molecule has 158 valence electrons. The summed E-state index contributed by atoms with van der Waals surface area (Å²) < 4.78 is 1.09. The predicted molar refractivity (Wildman–Crippen MR) is 129 cm³/mol. The van der Waals surface area contributed by atoms with Crippen LogP contribution in [-0.2, 0) is 13.1 Å². The van der Waals surface area contributed by atoms with Crippen molar-refractivity contribution in [3.8, 4) is 0 Å². The van der Waals surface area contributed by atoms with E-state index in [1.54, 1.807) is 11.0 Å². The van der Waals surface area contributed by atoms with Crippen LogP contribution in [0.3, 0.4) is 0 Å². The van der Waals surface area contributed by atoms with E-state index in [2.05, 4.69) is 9.97 Å². The number of carbonyl (C=O) groups is 1. The Balaban J connectivity index is 1.55. The minimum atomic E-state index is -0.198. The van der Waals surface area contributed by atoms with Gasteiger partial charge in [0.1, 0.15) is 5.82 Å². The summed E-state index contributed by atoms with van der Waals surface area (Å²) in [5.41, 5.74) is 2.42. The van der Waals surface area contributed by atoms with Crippen LogP contribution in [0, 0.1) is 6.92 Å². The van der Waals surface area contributed by atoms with Crippen LogP contribution in [0.2, 0.25) is 0 Å². The van der Waals surface area contributed by atoms with Gasteiger partial charge in [-0.05, 0) is 41.6 Å². The van der Waals surface area contributed by atoms with Gasteiger partial charge in [0.15, 0.2) is 0 Å². The molecular weight excluding hydrogens is 418 g/mol. The summed E-state index contributed by atoms with van der Waals surface area (Å²) in [6.07, 6.45) is 0. The van der Waals surface area contributed by atoms with E-state index in [0.717, 1.165) is 21.2 Å². The van der Waals surface area contributed by atoms with Crippen LogP contribution in [0.1, 0.15) is 26.6 Å². The minimum absolute atomic E-state index is 0.0663. The Morgan fingerprint density at radius 2 is 1.59 bits per heavy atom. The van der Waals surface area contributed by atoms with Crippen LogP contribution in [0.4, 0.5) is 0 Å². The lowest BCUT2D eigenvalue weighted by atomic mass is 10.1. The largest absolute Gasteiger partial charge is 0.326 e. The van der Waals surface area contributed by atoms with Gasteiger partial charge in [-0.25, -0.2) is 4.98 Å². The van der Waals surface area contributed by atoms with Gasteiger partial charge < -0.3 is 9.88 Å². The summed E-state index contributed by atoms with van der Waals surface area (Å²) in [5.74, 6) is 0.403. The summed E-state index contributed by atoms with van der Waals surface area (Å²) in [7, 11) is 0. The van der Waals surface area contributed by atoms with E-state index in [9.17, 15) is 9.59 Å². The van der Waals surface area contributed by atoms with E-state index >= 15 is 0 Å². The Hall–Kier alpha value is -3.77. The lowest BCUT2D eigenvalue weighted by molar-refractivity contribution is 0.0730. The Labute approximate surface area is 189 Å². The van der Waals surface area contributed by atoms with Gasteiger partial charge in [-0.15, -0.1) is 11.3 Å². The second-order valence-electron chi connectivity index (χ2n) is 7.73. The highest BCUT2D eigenvalue weighted by Crippen LogP contribution is 2.32. The number of fused-ring (bicyclic) bond motifs is 2. The maximum absolute atomic E-state index is 13.7. The molecule has 1 amide bonds. The molecule has 5 aromatic rings. The lowest BCUT2D eigenvalue weighted by Gasteiger charge is -2.22. The monoisotopic (exact) mass is 439 g/mol. The molecule has 0 aliphatic carbocycles. The number of nitrogens with one attached hydrogen (secondary N) is 1. The molecule has 0 spiro atoms. The minimum Gasteiger partial charge on any atom is -0.326 e. The summed E-state index contributed by atoms with van der Waals surface area (Å²) in [4.78, 5) is 36.2. The third-order valence-corrected chi connectivity index (χ3v) is 6.80. The summed E-state index contributed by atoms with van der Waals surface area (Å²) in [5, 5.41) is 1.63. The SMILES string of the molecule is Cc1c(C(=O)N(Cc2ccccc2)Cc2nc3ccccc3c(=O)[nH]2)sc2ccccc12.